The Hall–Kier alpha value is -2.09. The SMILES string of the molecule is CC(C)CCSc1ccc(C(=O)N2C[C@@H](C)[C@H](C(=O)O)C2)cc1[N+](=O)[O-]. The lowest BCUT2D eigenvalue weighted by Crippen LogP contribution is -2.30. The van der Waals surface area contributed by atoms with Crippen molar-refractivity contribution in [2.24, 2.45) is 17.8 Å². The molecular formula is C18H24N2O5S. The van der Waals surface area contributed by atoms with Gasteiger partial charge >= 0.3 is 5.97 Å². The number of carboxylic acids is 1. The number of likely N-dealkylation sites (tertiary alicyclic amines) is 1. The quantitative estimate of drug-likeness (QED) is 0.441. The van der Waals surface area contributed by atoms with Crippen LogP contribution in [-0.4, -0.2) is 45.6 Å². The number of nitro groups is 1. The predicted octanol–water partition coefficient (Wildman–Crippen LogP) is 3.53. The van der Waals surface area contributed by atoms with Gasteiger partial charge in [-0.05, 0) is 36.1 Å². The second kappa shape index (κ2) is 8.53. The van der Waals surface area contributed by atoms with Gasteiger partial charge in [-0.15, -0.1) is 11.8 Å². The molecular weight excluding hydrogens is 356 g/mol. The maximum absolute atomic E-state index is 12.7. The van der Waals surface area contributed by atoms with Crippen molar-refractivity contribution in [3.05, 3.63) is 33.9 Å². The van der Waals surface area contributed by atoms with E-state index in [0.717, 1.165) is 12.2 Å². The van der Waals surface area contributed by atoms with Crippen molar-refractivity contribution in [3.63, 3.8) is 0 Å². The van der Waals surface area contributed by atoms with E-state index in [1.807, 2.05) is 0 Å². The number of nitrogens with zero attached hydrogens (tertiary/aromatic N) is 2. The summed E-state index contributed by atoms with van der Waals surface area (Å²) in [5.74, 6) is -0.729. The molecule has 2 atom stereocenters. The highest BCUT2D eigenvalue weighted by atomic mass is 32.2. The monoisotopic (exact) mass is 380 g/mol. The van der Waals surface area contributed by atoms with Crippen LogP contribution in [0, 0.1) is 27.9 Å². The van der Waals surface area contributed by atoms with E-state index in [2.05, 4.69) is 13.8 Å². The van der Waals surface area contributed by atoms with E-state index < -0.39 is 16.8 Å². The third-order valence-corrected chi connectivity index (χ3v) is 5.67. The number of aliphatic carboxylic acids is 1. The molecule has 142 valence electrons. The molecule has 1 amide bonds. The van der Waals surface area contributed by atoms with Crippen LogP contribution in [0.3, 0.4) is 0 Å². The van der Waals surface area contributed by atoms with Crippen molar-refractivity contribution < 1.29 is 19.6 Å². The third-order valence-electron chi connectivity index (χ3n) is 4.57. The van der Waals surface area contributed by atoms with Gasteiger partial charge in [0, 0.05) is 24.7 Å². The summed E-state index contributed by atoms with van der Waals surface area (Å²) in [6, 6.07) is 4.51. The van der Waals surface area contributed by atoms with Gasteiger partial charge in [0.15, 0.2) is 0 Å². The summed E-state index contributed by atoms with van der Waals surface area (Å²) in [5.41, 5.74) is 0.148. The first kappa shape index (κ1) is 20.2. The van der Waals surface area contributed by atoms with Crippen molar-refractivity contribution in [1.29, 1.82) is 0 Å². The third kappa shape index (κ3) is 4.75. The molecule has 2 rings (SSSR count). The van der Waals surface area contributed by atoms with E-state index in [9.17, 15) is 24.8 Å². The smallest absolute Gasteiger partial charge is 0.308 e. The van der Waals surface area contributed by atoms with Crippen LogP contribution < -0.4 is 0 Å². The Balaban J connectivity index is 2.17. The van der Waals surface area contributed by atoms with Gasteiger partial charge in [-0.3, -0.25) is 19.7 Å². The molecule has 0 aliphatic carbocycles. The van der Waals surface area contributed by atoms with Crippen molar-refractivity contribution >= 4 is 29.3 Å². The molecule has 1 aromatic carbocycles. The van der Waals surface area contributed by atoms with Crippen LogP contribution in [0.1, 0.15) is 37.6 Å². The Bertz CT molecular complexity index is 707. The highest BCUT2D eigenvalue weighted by Gasteiger charge is 2.37. The van der Waals surface area contributed by atoms with Crippen LogP contribution >= 0.6 is 11.8 Å². The Morgan fingerprint density at radius 1 is 1.38 bits per heavy atom. The first-order chi connectivity index (χ1) is 12.2. The second-order valence-electron chi connectivity index (χ2n) is 7.10. The fraction of sp³-hybridized carbons (Fsp3) is 0.556. The molecule has 1 aromatic rings. The lowest BCUT2D eigenvalue weighted by Gasteiger charge is -2.16. The van der Waals surface area contributed by atoms with Crippen molar-refractivity contribution in [2.45, 2.75) is 32.1 Å². The van der Waals surface area contributed by atoms with Gasteiger partial charge in [0.2, 0.25) is 0 Å². The lowest BCUT2D eigenvalue weighted by atomic mass is 9.99. The van der Waals surface area contributed by atoms with Crippen molar-refractivity contribution in [3.8, 4) is 0 Å². The van der Waals surface area contributed by atoms with E-state index in [-0.39, 0.29) is 29.6 Å². The number of hydrogen-bond acceptors (Lipinski definition) is 5. The highest BCUT2D eigenvalue weighted by Crippen LogP contribution is 2.32. The minimum atomic E-state index is -0.921. The molecule has 26 heavy (non-hydrogen) atoms. The fourth-order valence-corrected chi connectivity index (χ4v) is 4.21. The number of carbonyl (C=O) groups excluding carboxylic acids is 1. The van der Waals surface area contributed by atoms with Gasteiger partial charge in [0.1, 0.15) is 0 Å². The zero-order valence-corrected chi connectivity index (χ0v) is 16.0. The molecule has 0 aromatic heterocycles. The highest BCUT2D eigenvalue weighted by molar-refractivity contribution is 7.99. The molecule has 0 spiro atoms. The molecule has 1 aliphatic heterocycles. The number of nitro benzene ring substituents is 1. The minimum Gasteiger partial charge on any atom is -0.481 e. The molecule has 1 saturated heterocycles. The standard InChI is InChI=1S/C18H24N2O5S/c1-11(2)6-7-26-16-5-4-13(8-15(16)20(24)25)17(21)19-9-12(3)14(10-19)18(22)23/h4-5,8,11-12,14H,6-7,9-10H2,1-3H3,(H,22,23)/t12-,14-/m1/s1. The number of benzene rings is 1. The molecule has 0 radical (unpaired) electrons. The van der Waals surface area contributed by atoms with Crippen LogP contribution in [0.4, 0.5) is 5.69 Å². The lowest BCUT2D eigenvalue weighted by molar-refractivity contribution is -0.387. The molecule has 1 heterocycles. The van der Waals surface area contributed by atoms with Crippen LogP contribution in [0.25, 0.3) is 0 Å². The summed E-state index contributed by atoms with van der Waals surface area (Å²) in [6.45, 7) is 6.46. The van der Waals surface area contributed by atoms with Gasteiger partial charge in [0.05, 0.1) is 15.7 Å². The average Bonchev–Trinajstić information content (AvgIpc) is 2.96. The predicted molar refractivity (Wildman–Crippen MR) is 99.5 cm³/mol. The van der Waals surface area contributed by atoms with Crippen LogP contribution in [-0.2, 0) is 4.79 Å². The summed E-state index contributed by atoms with van der Waals surface area (Å²) in [4.78, 5) is 36.8. The topological polar surface area (TPSA) is 101 Å². The summed E-state index contributed by atoms with van der Waals surface area (Å²) in [7, 11) is 0. The zero-order valence-electron chi connectivity index (χ0n) is 15.2. The van der Waals surface area contributed by atoms with E-state index in [4.69, 9.17) is 0 Å². The number of amides is 1. The van der Waals surface area contributed by atoms with Crippen LogP contribution in [0.2, 0.25) is 0 Å². The van der Waals surface area contributed by atoms with Crippen molar-refractivity contribution in [1.82, 2.24) is 4.90 Å². The Kier molecular flexibility index (Phi) is 6.63. The maximum atomic E-state index is 12.7. The van der Waals surface area contributed by atoms with Gasteiger partial charge in [0.25, 0.3) is 11.6 Å². The van der Waals surface area contributed by atoms with Gasteiger partial charge in [-0.1, -0.05) is 20.8 Å². The molecule has 0 saturated carbocycles. The number of thioether (sulfide) groups is 1. The first-order valence-electron chi connectivity index (χ1n) is 8.64. The normalized spacial score (nSPS) is 19.8. The van der Waals surface area contributed by atoms with Gasteiger partial charge < -0.3 is 10.0 Å². The number of carbonyl (C=O) groups is 2. The van der Waals surface area contributed by atoms with E-state index >= 15 is 0 Å². The number of hydrogen-bond donors (Lipinski definition) is 1. The molecule has 0 unspecified atom stereocenters. The number of carboxylic acid groups (broad SMARTS) is 1. The maximum Gasteiger partial charge on any atom is 0.308 e. The molecule has 1 fully saturated rings. The van der Waals surface area contributed by atoms with Crippen molar-refractivity contribution in [2.75, 3.05) is 18.8 Å². The Morgan fingerprint density at radius 2 is 2.08 bits per heavy atom. The largest absolute Gasteiger partial charge is 0.481 e. The van der Waals surface area contributed by atoms with E-state index in [1.165, 1.54) is 22.7 Å². The second-order valence-corrected chi connectivity index (χ2v) is 8.24. The Morgan fingerprint density at radius 3 is 2.62 bits per heavy atom. The number of rotatable bonds is 7. The summed E-state index contributed by atoms with van der Waals surface area (Å²) in [5, 5.41) is 20.6. The van der Waals surface area contributed by atoms with Crippen LogP contribution in [0.15, 0.2) is 23.1 Å². The Labute approximate surface area is 156 Å². The van der Waals surface area contributed by atoms with Crippen LogP contribution in [0.5, 0.6) is 0 Å². The molecule has 1 aliphatic rings. The summed E-state index contributed by atoms with van der Waals surface area (Å²) < 4.78 is 0. The molecule has 0 bridgehead atoms. The minimum absolute atomic E-state index is 0.0772. The van der Waals surface area contributed by atoms with E-state index in [1.54, 1.807) is 19.1 Å². The first-order valence-corrected chi connectivity index (χ1v) is 9.62. The van der Waals surface area contributed by atoms with E-state index in [0.29, 0.717) is 17.4 Å². The zero-order chi connectivity index (χ0) is 19.4. The molecule has 1 N–H and O–H groups in total. The molecule has 8 heteroatoms. The summed E-state index contributed by atoms with van der Waals surface area (Å²) >= 11 is 1.42. The fourth-order valence-electron chi connectivity index (χ4n) is 2.96. The van der Waals surface area contributed by atoms with Gasteiger partial charge in [-0.2, -0.15) is 0 Å². The van der Waals surface area contributed by atoms with Gasteiger partial charge in [-0.25, -0.2) is 0 Å². The average molecular weight is 380 g/mol. The molecule has 7 nitrogen and oxygen atoms in total. The summed E-state index contributed by atoms with van der Waals surface area (Å²) in [6.07, 6.45) is 0.949.